The van der Waals surface area contributed by atoms with Crippen molar-refractivity contribution in [2.45, 2.75) is 32.2 Å². The lowest BCUT2D eigenvalue weighted by molar-refractivity contribution is 0.409. The molecular weight excluding hydrogens is 110 g/mol. The van der Waals surface area contributed by atoms with Crippen LogP contribution in [0, 0.1) is 5.92 Å². The Hall–Kier alpha value is -0.300. The first-order chi connectivity index (χ1) is 4.30. The SMILES string of the molecule is C[C@@H](N)[C@H]1CC=CCC1. The predicted octanol–water partition coefficient (Wildman–Crippen LogP) is 1.69. The quantitative estimate of drug-likeness (QED) is 0.530. The van der Waals surface area contributed by atoms with Crippen LogP contribution in [-0.4, -0.2) is 6.04 Å². The van der Waals surface area contributed by atoms with Gasteiger partial charge in [0.25, 0.3) is 0 Å². The normalized spacial score (nSPS) is 30.2. The van der Waals surface area contributed by atoms with Crippen molar-refractivity contribution in [1.29, 1.82) is 0 Å². The van der Waals surface area contributed by atoms with Crippen LogP contribution in [-0.2, 0) is 0 Å². The second kappa shape index (κ2) is 3.02. The highest BCUT2D eigenvalue weighted by Gasteiger charge is 2.12. The lowest BCUT2D eigenvalue weighted by Crippen LogP contribution is -2.26. The topological polar surface area (TPSA) is 26.0 Å². The minimum Gasteiger partial charge on any atom is -0.328 e. The van der Waals surface area contributed by atoms with Crippen LogP contribution in [0.1, 0.15) is 26.2 Å². The molecule has 0 spiro atoms. The predicted molar refractivity (Wildman–Crippen MR) is 40.1 cm³/mol. The van der Waals surface area contributed by atoms with Crippen molar-refractivity contribution in [2.24, 2.45) is 11.7 Å². The zero-order valence-electron chi connectivity index (χ0n) is 6.01. The van der Waals surface area contributed by atoms with Gasteiger partial charge in [-0.05, 0) is 32.1 Å². The maximum absolute atomic E-state index is 5.73. The summed E-state index contributed by atoms with van der Waals surface area (Å²) in [7, 11) is 0. The molecule has 0 unspecified atom stereocenters. The average Bonchev–Trinajstić information content (AvgIpc) is 1.90. The Morgan fingerprint density at radius 3 is 2.67 bits per heavy atom. The third-order valence-electron chi connectivity index (χ3n) is 2.05. The maximum Gasteiger partial charge on any atom is 0.00418 e. The number of nitrogens with two attached hydrogens (primary N) is 1. The molecule has 0 fully saturated rings. The van der Waals surface area contributed by atoms with Crippen molar-refractivity contribution in [3.05, 3.63) is 12.2 Å². The molecule has 0 aromatic rings. The summed E-state index contributed by atoms with van der Waals surface area (Å²) in [5, 5.41) is 0. The third-order valence-corrected chi connectivity index (χ3v) is 2.05. The molecule has 1 aliphatic rings. The van der Waals surface area contributed by atoms with Gasteiger partial charge in [-0.1, -0.05) is 12.2 Å². The van der Waals surface area contributed by atoms with E-state index in [1.54, 1.807) is 0 Å². The molecule has 1 rings (SSSR count). The first-order valence-electron chi connectivity index (χ1n) is 3.71. The highest BCUT2D eigenvalue weighted by molar-refractivity contribution is 4.92. The van der Waals surface area contributed by atoms with E-state index in [2.05, 4.69) is 19.1 Å². The van der Waals surface area contributed by atoms with Crippen molar-refractivity contribution >= 4 is 0 Å². The molecular formula is C8H15N. The van der Waals surface area contributed by atoms with Gasteiger partial charge in [-0.2, -0.15) is 0 Å². The van der Waals surface area contributed by atoms with Crippen LogP contribution in [0.25, 0.3) is 0 Å². The van der Waals surface area contributed by atoms with Gasteiger partial charge < -0.3 is 5.73 Å². The highest BCUT2D eigenvalue weighted by atomic mass is 14.6. The van der Waals surface area contributed by atoms with E-state index in [1.165, 1.54) is 19.3 Å². The monoisotopic (exact) mass is 125 g/mol. The first kappa shape index (κ1) is 6.81. The van der Waals surface area contributed by atoms with E-state index in [0.717, 1.165) is 5.92 Å². The van der Waals surface area contributed by atoms with Crippen molar-refractivity contribution in [1.82, 2.24) is 0 Å². The molecule has 1 nitrogen and oxygen atoms in total. The maximum atomic E-state index is 5.73. The average molecular weight is 125 g/mol. The third kappa shape index (κ3) is 1.83. The molecule has 9 heavy (non-hydrogen) atoms. The Morgan fingerprint density at radius 1 is 1.56 bits per heavy atom. The number of hydrogen-bond donors (Lipinski definition) is 1. The van der Waals surface area contributed by atoms with Crippen molar-refractivity contribution in [3.63, 3.8) is 0 Å². The lowest BCUT2D eigenvalue weighted by Gasteiger charge is -2.20. The Labute approximate surface area is 56.9 Å². The molecule has 2 N–H and O–H groups in total. The van der Waals surface area contributed by atoms with Crippen molar-refractivity contribution in [3.8, 4) is 0 Å². The van der Waals surface area contributed by atoms with Crippen LogP contribution >= 0.6 is 0 Å². The van der Waals surface area contributed by atoms with Gasteiger partial charge in [-0.25, -0.2) is 0 Å². The summed E-state index contributed by atoms with van der Waals surface area (Å²) < 4.78 is 0. The van der Waals surface area contributed by atoms with Gasteiger partial charge in [-0.15, -0.1) is 0 Å². The summed E-state index contributed by atoms with van der Waals surface area (Å²) >= 11 is 0. The van der Waals surface area contributed by atoms with Crippen LogP contribution in [0.15, 0.2) is 12.2 Å². The molecule has 1 heteroatoms. The molecule has 0 saturated carbocycles. The van der Waals surface area contributed by atoms with Crippen LogP contribution in [0.4, 0.5) is 0 Å². The van der Waals surface area contributed by atoms with E-state index in [9.17, 15) is 0 Å². The van der Waals surface area contributed by atoms with Gasteiger partial charge in [0.05, 0.1) is 0 Å². The van der Waals surface area contributed by atoms with E-state index in [1.807, 2.05) is 0 Å². The van der Waals surface area contributed by atoms with Crippen LogP contribution in [0.2, 0.25) is 0 Å². The molecule has 52 valence electrons. The first-order valence-corrected chi connectivity index (χ1v) is 3.71. The lowest BCUT2D eigenvalue weighted by atomic mass is 9.89. The Kier molecular flexibility index (Phi) is 2.29. The summed E-state index contributed by atoms with van der Waals surface area (Å²) in [6, 6.07) is 0.384. The molecule has 0 aromatic carbocycles. The number of allylic oxidation sites excluding steroid dienone is 2. The molecule has 0 saturated heterocycles. The minimum atomic E-state index is 0.384. The number of hydrogen-bond acceptors (Lipinski definition) is 1. The van der Waals surface area contributed by atoms with Gasteiger partial charge in [-0.3, -0.25) is 0 Å². The Balaban J connectivity index is 2.35. The fraction of sp³-hybridized carbons (Fsp3) is 0.750. The fourth-order valence-electron chi connectivity index (χ4n) is 1.29. The standard InChI is InChI=1S/C8H15N/c1-7(9)8-5-3-2-4-6-8/h2-3,7-8H,4-6,9H2,1H3/t7-,8+/m1/s1. The summed E-state index contributed by atoms with van der Waals surface area (Å²) in [5.41, 5.74) is 5.73. The molecule has 0 bridgehead atoms. The molecule has 0 amide bonds. The summed E-state index contributed by atoms with van der Waals surface area (Å²) in [6.45, 7) is 2.10. The van der Waals surface area contributed by atoms with Crippen LogP contribution in [0.3, 0.4) is 0 Å². The van der Waals surface area contributed by atoms with Gasteiger partial charge in [0.2, 0.25) is 0 Å². The van der Waals surface area contributed by atoms with Gasteiger partial charge >= 0.3 is 0 Å². The van der Waals surface area contributed by atoms with Crippen LogP contribution in [0.5, 0.6) is 0 Å². The van der Waals surface area contributed by atoms with Crippen molar-refractivity contribution < 1.29 is 0 Å². The minimum absolute atomic E-state index is 0.384. The second-order valence-electron chi connectivity index (χ2n) is 2.90. The van der Waals surface area contributed by atoms with Gasteiger partial charge in [0.15, 0.2) is 0 Å². The second-order valence-corrected chi connectivity index (χ2v) is 2.90. The molecule has 2 atom stereocenters. The zero-order valence-corrected chi connectivity index (χ0v) is 6.01. The summed E-state index contributed by atoms with van der Waals surface area (Å²) in [5.74, 6) is 0.745. The van der Waals surface area contributed by atoms with E-state index in [-0.39, 0.29) is 0 Å². The molecule has 1 aliphatic carbocycles. The van der Waals surface area contributed by atoms with Crippen molar-refractivity contribution in [2.75, 3.05) is 0 Å². The van der Waals surface area contributed by atoms with Gasteiger partial charge in [0, 0.05) is 6.04 Å². The number of rotatable bonds is 1. The summed E-state index contributed by atoms with van der Waals surface area (Å²) in [6.07, 6.45) is 8.20. The highest BCUT2D eigenvalue weighted by Crippen LogP contribution is 2.19. The summed E-state index contributed by atoms with van der Waals surface area (Å²) in [4.78, 5) is 0. The van der Waals surface area contributed by atoms with E-state index in [0.29, 0.717) is 6.04 Å². The Bertz CT molecular complexity index is 105. The van der Waals surface area contributed by atoms with Gasteiger partial charge in [0.1, 0.15) is 0 Å². The smallest absolute Gasteiger partial charge is 0.00418 e. The zero-order chi connectivity index (χ0) is 6.69. The molecule has 0 heterocycles. The van der Waals surface area contributed by atoms with E-state index in [4.69, 9.17) is 5.73 Å². The molecule has 0 radical (unpaired) electrons. The van der Waals surface area contributed by atoms with E-state index >= 15 is 0 Å². The molecule has 0 aliphatic heterocycles. The molecule has 0 aromatic heterocycles. The fourth-order valence-corrected chi connectivity index (χ4v) is 1.29. The van der Waals surface area contributed by atoms with E-state index < -0.39 is 0 Å². The largest absolute Gasteiger partial charge is 0.328 e. The van der Waals surface area contributed by atoms with Crippen LogP contribution < -0.4 is 5.73 Å². The Morgan fingerprint density at radius 2 is 2.33 bits per heavy atom.